The Hall–Kier alpha value is -1.15. The van der Waals surface area contributed by atoms with Crippen molar-refractivity contribution in [1.82, 2.24) is 4.90 Å². The van der Waals surface area contributed by atoms with Crippen LogP contribution >= 0.6 is 0 Å². The zero-order valence-corrected chi connectivity index (χ0v) is 10.7. The lowest BCUT2D eigenvalue weighted by atomic mass is 9.84. The Labute approximate surface area is 104 Å². The molecule has 2 heteroatoms. The molecule has 1 fully saturated rings. The summed E-state index contributed by atoms with van der Waals surface area (Å²) in [5.74, 6) is 0. The molecule has 17 heavy (non-hydrogen) atoms. The van der Waals surface area contributed by atoms with Gasteiger partial charge in [-0.2, -0.15) is 0 Å². The van der Waals surface area contributed by atoms with Crippen LogP contribution in [0.15, 0.2) is 30.3 Å². The lowest BCUT2D eigenvalue weighted by molar-refractivity contribution is -0.117. The summed E-state index contributed by atoms with van der Waals surface area (Å²) in [6.07, 6.45) is 3.45. The van der Waals surface area contributed by atoms with Crippen molar-refractivity contribution < 1.29 is 4.79 Å². The van der Waals surface area contributed by atoms with Gasteiger partial charge in [-0.25, -0.2) is 0 Å². The van der Waals surface area contributed by atoms with E-state index >= 15 is 0 Å². The highest BCUT2D eigenvalue weighted by molar-refractivity contribution is 5.59. The van der Waals surface area contributed by atoms with Gasteiger partial charge in [0.05, 0.1) is 0 Å². The molecule has 0 amide bonds. The van der Waals surface area contributed by atoms with E-state index in [0.29, 0.717) is 6.04 Å². The van der Waals surface area contributed by atoms with Gasteiger partial charge in [0.15, 0.2) is 0 Å². The molecule has 0 saturated carbocycles. The van der Waals surface area contributed by atoms with Crippen LogP contribution in [0.4, 0.5) is 0 Å². The Morgan fingerprint density at radius 2 is 2.06 bits per heavy atom. The molecule has 92 valence electrons. The number of likely N-dealkylation sites (tertiary alicyclic amines) is 1. The first-order valence-corrected chi connectivity index (χ1v) is 6.38. The van der Waals surface area contributed by atoms with Gasteiger partial charge in [0, 0.05) is 18.0 Å². The van der Waals surface area contributed by atoms with E-state index in [9.17, 15) is 4.79 Å². The Bertz CT molecular complexity index is 372. The molecule has 1 aliphatic heterocycles. The monoisotopic (exact) mass is 231 g/mol. The lowest BCUT2D eigenvalue weighted by Crippen LogP contribution is -2.41. The molecule has 1 unspecified atom stereocenters. The van der Waals surface area contributed by atoms with Crippen molar-refractivity contribution in [2.45, 2.75) is 39.3 Å². The average molecular weight is 231 g/mol. The first-order chi connectivity index (χ1) is 8.13. The number of aldehydes is 1. The van der Waals surface area contributed by atoms with Crippen LogP contribution in [0.3, 0.4) is 0 Å². The van der Waals surface area contributed by atoms with Crippen molar-refractivity contribution in [2.75, 3.05) is 6.54 Å². The molecule has 2 rings (SSSR count). The van der Waals surface area contributed by atoms with Gasteiger partial charge >= 0.3 is 0 Å². The molecule has 2 nitrogen and oxygen atoms in total. The van der Waals surface area contributed by atoms with Gasteiger partial charge < -0.3 is 4.79 Å². The predicted molar refractivity (Wildman–Crippen MR) is 69.7 cm³/mol. The predicted octanol–water partition coefficient (Wildman–Crippen LogP) is 2.88. The van der Waals surface area contributed by atoms with E-state index in [4.69, 9.17) is 0 Å². The average Bonchev–Trinajstić information content (AvgIpc) is 2.79. The third-order valence-corrected chi connectivity index (χ3v) is 3.75. The second-order valence-electron chi connectivity index (χ2n) is 5.55. The number of carbonyl (C=O) groups is 1. The summed E-state index contributed by atoms with van der Waals surface area (Å²) in [5, 5.41) is 0. The second-order valence-corrected chi connectivity index (χ2v) is 5.55. The highest BCUT2D eigenvalue weighted by atomic mass is 16.1. The fourth-order valence-electron chi connectivity index (χ4n) is 2.75. The van der Waals surface area contributed by atoms with Gasteiger partial charge in [-0.3, -0.25) is 4.90 Å². The van der Waals surface area contributed by atoms with Crippen molar-refractivity contribution in [3.8, 4) is 0 Å². The maximum atomic E-state index is 11.2. The maximum absolute atomic E-state index is 11.2. The zero-order valence-electron chi connectivity index (χ0n) is 10.7. The largest absolute Gasteiger partial charge is 0.303 e. The Kier molecular flexibility index (Phi) is 3.63. The number of carbonyl (C=O) groups excluding carboxylic acids is 1. The minimum absolute atomic E-state index is 0.231. The van der Waals surface area contributed by atoms with Crippen molar-refractivity contribution in [3.05, 3.63) is 35.9 Å². The fraction of sp³-hybridized carbons (Fsp3) is 0.533. The molecule has 0 N–H and O–H groups in total. The van der Waals surface area contributed by atoms with Crippen LogP contribution in [0.5, 0.6) is 0 Å². The van der Waals surface area contributed by atoms with Crippen LogP contribution in [0, 0.1) is 5.41 Å². The van der Waals surface area contributed by atoms with E-state index in [2.05, 4.69) is 29.2 Å². The van der Waals surface area contributed by atoms with Crippen LogP contribution < -0.4 is 0 Å². The molecular formula is C15H21NO. The smallest absolute Gasteiger partial charge is 0.127 e. The highest BCUT2D eigenvalue weighted by Crippen LogP contribution is 2.32. The molecule has 1 aromatic carbocycles. The summed E-state index contributed by atoms with van der Waals surface area (Å²) in [6.45, 7) is 6.17. The van der Waals surface area contributed by atoms with E-state index in [1.165, 1.54) is 12.0 Å². The summed E-state index contributed by atoms with van der Waals surface area (Å²) < 4.78 is 0. The van der Waals surface area contributed by atoms with Gasteiger partial charge in [-0.15, -0.1) is 0 Å². The van der Waals surface area contributed by atoms with Crippen LogP contribution in [-0.2, 0) is 11.3 Å². The number of rotatable bonds is 4. The molecule has 0 bridgehead atoms. The minimum atomic E-state index is -0.231. The molecule has 0 aliphatic carbocycles. The van der Waals surface area contributed by atoms with Crippen LogP contribution in [0.2, 0.25) is 0 Å². The Morgan fingerprint density at radius 1 is 1.35 bits per heavy atom. The maximum Gasteiger partial charge on any atom is 0.127 e. The normalized spacial score (nSPS) is 21.6. The molecule has 1 atom stereocenters. The molecule has 0 spiro atoms. The number of nitrogens with zero attached hydrogens (tertiary/aromatic N) is 1. The molecule has 1 saturated heterocycles. The van der Waals surface area contributed by atoms with Gasteiger partial charge in [0.1, 0.15) is 6.29 Å². The topological polar surface area (TPSA) is 20.3 Å². The quantitative estimate of drug-likeness (QED) is 0.743. The van der Waals surface area contributed by atoms with E-state index in [-0.39, 0.29) is 5.41 Å². The molecule has 0 aromatic heterocycles. The summed E-state index contributed by atoms with van der Waals surface area (Å²) in [6, 6.07) is 10.9. The van der Waals surface area contributed by atoms with Gasteiger partial charge in [0.25, 0.3) is 0 Å². The van der Waals surface area contributed by atoms with Crippen molar-refractivity contribution >= 4 is 6.29 Å². The first kappa shape index (κ1) is 12.3. The van der Waals surface area contributed by atoms with Crippen LogP contribution in [0.25, 0.3) is 0 Å². The van der Waals surface area contributed by atoms with E-state index in [0.717, 1.165) is 25.8 Å². The molecule has 1 aliphatic rings. The number of hydrogen-bond donors (Lipinski definition) is 0. The van der Waals surface area contributed by atoms with Crippen LogP contribution in [0.1, 0.15) is 32.3 Å². The van der Waals surface area contributed by atoms with Crippen molar-refractivity contribution in [2.24, 2.45) is 5.41 Å². The van der Waals surface area contributed by atoms with Crippen molar-refractivity contribution in [3.63, 3.8) is 0 Å². The number of hydrogen-bond acceptors (Lipinski definition) is 2. The summed E-state index contributed by atoms with van der Waals surface area (Å²) in [5.41, 5.74) is 1.10. The Balaban J connectivity index is 2.08. The molecule has 0 radical (unpaired) electrons. The van der Waals surface area contributed by atoms with Gasteiger partial charge in [0.2, 0.25) is 0 Å². The van der Waals surface area contributed by atoms with Crippen molar-refractivity contribution in [1.29, 1.82) is 0 Å². The molecular weight excluding hydrogens is 210 g/mol. The summed E-state index contributed by atoms with van der Waals surface area (Å²) >= 11 is 0. The standard InChI is InChI=1S/C15H21NO/c1-15(2,12-17)14-9-6-10-16(14)11-13-7-4-3-5-8-13/h3-5,7-8,12,14H,6,9-11H2,1-2H3. The zero-order chi connectivity index (χ0) is 12.3. The van der Waals surface area contributed by atoms with E-state index in [1.807, 2.05) is 19.9 Å². The van der Waals surface area contributed by atoms with Crippen LogP contribution in [-0.4, -0.2) is 23.8 Å². The molecule has 1 aromatic rings. The summed E-state index contributed by atoms with van der Waals surface area (Å²) in [7, 11) is 0. The van der Waals surface area contributed by atoms with Gasteiger partial charge in [-0.05, 0) is 24.9 Å². The fourth-order valence-corrected chi connectivity index (χ4v) is 2.75. The lowest BCUT2D eigenvalue weighted by Gasteiger charge is -2.33. The minimum Gasteiger partial charge on any atom is -0.303 e. The third-order valence-electron chi connectivity index (χ3n) is 3.75. The molecule has 1 heterocycles. The number of benzene rings is 1. The third kappa shape index (κ3) is 2.75. The first-order valence-electron chi connectivity index (χ1n) is 6.38. The Morgan fingerprint density at radius 3 is 2.71 bits per heavy atom. The summed E-state index contributed by atoms with van der Waals surface area (Å²) in [4.78, 5) is 13.6. The van der Waals surface area contributed by atoms with E-state index < -0.39 is 0 Å². The highest BCUT2D eigenvalue weighted by Gasteiger charge is 2.36. The van der Waals surface area contributed by atoms with Gasteiger partial charge in [-0.1, -0.05) is 44.2 Å². The SMILES string of the molecule is CC(C)(C=O)C1CCCN1Cc1ccccc1. The second kappa shape index (κ2) is 5.01. The van der Waals surface area contributed by atoms with E-state index in [1.54, 1.807) is 0 Å².